The van der Waals surface area contributed by atoms with Crippen LogP contribution in [0.5, 0.6) is 0 Å². The van der Waals surface area contributed by atoms with Gasteiger partial charge >= 0.3 is 0 Å². The topological polar surface area (TPSA) is 88.1 Å². The Kier molecular flexibility index (Phi) is 5.79. The number of carbonyl (C=O) groups excluding carboxylic acids is 1. The smallest absolute Gasteiger partial charge is 0.251 e. The van der Waals surface area contributed by atoms with E-state index in [0.29, 0.717) is 30.8 Å². The Labute approximate surface area is 202 Å². The van der Waals surface area contributed by atoms with Crippen molar-refractivity contribution in [2.45, 2.75) is 44.7 Å². The van der Waals surface area contributed by atoms with Crippen LogP contribution in [0.25, 0.3) is 10.9 Å². The number of carbonyl (C=O) groups is 1. The summed E-state index contributed by atoms with van der Waals surface area (Å²) < 4.78 is 22.0. The molecule has 1 amide bonds. The number of aromatic amines is 1. The van der Waals surface area contributed by atoms with Gasteiger partial charge in [-0.15, -0.1) is 5.10 Å². The molecule has 4 heterocycles. The highest BCUT2D eigenvalue weighted by atomic mass is 19.1. The van der Waals surface area contributed by atoms with Gasteiger partial charge in [0.2, 0.25) is 0 Å². The number of amides is 1. The Morgan fingerprint density at radius 3 is 2.89 bits per heavy atom. The fourth-order valence-electron chi connectivity index (χ4n) is 5.01. The van der Waals surface area contributed by atoms with E-state index in [9.17, 15) is 9.18 Å². The second-order valence-electron chi connectivity index (χ2n) is 9.29. The van der Waals surface area contributed by atoms with Crippen molar-refractivity contribution >= 4 is 16.8 Å². The van der Waals surface area contributed by atoms with Crippen LogP contribution in [0.1, 0.15) is 46.3 Å². The van der Waals surface area contributed by atoms with Crippen LogP contribution >= 0.6 is 0 Å². The summed E-state index contributed by atoms with van der Waals surface area (Å²) in [5.74, 6) is -0.296. The van der Waals surface area contributed by atoms with Crippen molar-refractivity contribution in [1.82, 2.24) is 30.2 Å². The largest absolute Gasteiger partial charge is 0.365 e. The quantitative estimate of drug-likeness (QED) is 0.462. The van der Waals surface area contributed by atoms with Crippen molar-refractivity contribution in [3.05, 3.63) is 83.1 Å². The van der Waals surface area contributed by atoms with Crippen molar-refractivity contribution < 1.29 is 13.9 Å². The first kappa shape index (κ1) is 21.9. The van der Waals surface area contributed by atoms with E-state index >= 15 is 0 Å². The van der Waals surface area contributed by atoms with Gasteiger partial charge in [0.05, 0.1) is 18.8 Å². The van der Waals surface area contributed by atoms with Crippen LogP contribution in [-0.4, -0.2) is 49.9 Å². The van der Waals surface area contributed by atoms with Crippen molar-refractivity contribution in [1.29, 1.82) is 0 Å². The maximum Gasteiger partial charge on any atom is 0.251 e. The van der Waals surface area contributed by atoms with Gasteiger partial charge in [0.25, 0.3) is 5.91 Å². The van der Waals surface area contributed by atoms with Crippen LogP contribution in [0.15, 0.2) is 54.7 Å². The number of hydrogen-bond donors (Lipinski definition) is 2. The van der Waals surface area contributed by atoms with E-state index in [4.69, 9.17) is 4.74 Å². The lowest BCUT2D eigenvalue weighted by Gasteiger charge is -2.32. The number of hydrogen-bond acceptors (Lipinski definition) is 5. The highest BCUT2D eigenvalue weighted by molar-refractivity contribution is 5.98. The summed E-state index contributed by atoms with van der Waals surface area (Å²) in [4.78, 5) is 18.2. The standard InChI is InChI=1S/C26H27FN6O2/c27-21-4-2-1-3-20(21)25-15-33-24(16-35-25)23(30-31-33)14-32-11-8-19(9-12-32)29-26(34)18-6-5-17-7-10-28-22(17)13-18/h1-7,10,13,19,25,28H,8-9,11-12,14-16H2,(H,29,34). The minimum Gasteiger partial charge on any atom is -0.365 e. The Morgan fingerprint density at radius 2 is 2.03 bits per heavy atom. The molecule has 180 valence electrons. The van der Waals surface area contributed by atoms with Crippen molar-refractivity contribution in [2.75, 3.05) is 13.1 Å². The van der Waals surface area contributed by atoms with Crippen LogP contribution in [0.4, 0.5) is 4.39 Å². The van der Waals surface area contributed by atoms with E-state index in [1.54, 1.807) is 12.1 Å². The van der Waals surface area contributed by atoms with Gasteiger partial charge in [0.15, 0.2) is 0 Å². The van der Waals surface area contributed by atoms with E-state index in [0.717, 1.165) is 48.2 Å². The summed E-state index contributed by atoms with van der Waals surface area (Å²) in [5, 5.41) is 13.0. The molecule has 2 N–H and O–H groups in total. The molecule has 2 aliphatic rings. The van der Waals surface area contributed by atoms with E-state index in [1.807, 2.05) is 41.2 Å². The molecule has 0 aliphatic carbocycles. The second-order valence-corrected chi connectivity index (χ2v) is 9.29. The molecule has 8 nitrogen and oxygen atoms in total. The van der Waals surface area contributed by atoms with E-state index < -0.39 is 0 Å². The average molecular weight is 475 g/mol. The van der Waals surface area contributed by atoms with Crippen molar-refractivity contribution in [2.24, 2.45) is 0 Å². The van der Waals surface area contributed by atoms with Crippen LogP contribution in [0, 0.1) is 5.82 Å². The number of likely N-dealkylation sites (tertiary alicyclic amines) is 1. The SMILES string of the molecule is O=C(NC1CCN(Cc2nnn3c2COC(c2ccccc2F)C3)CC1)c1ccc2cc[nH]c2c1. The molecule has 2 aliphatic heterocycles. The number of nitrogens with one attached hydrogen (secondary N) is 2. The van der Waals surface area contributed by atoms with Gasteiger partial charge in [-0.05, 0) is 42.5 Å². The highest BCUT2D eigenvalue weighted by Crippen LogP contribution is 2.29. The predicted octanol–water partition coefficient (Wildman–Crippen LogP) is 3.56. The molecule has 0 spiro atoms. The molecule has 9 heteroatoms. The third-order valence-electron chi connectivity index (χ3n) is 7.04. The summed E-state index contributed by atoms with van der Waals surface area (Å²) in [5.41, 5.74) is 4.04. The summed E-state index contributed by atoms with van der Waals surface area (Å²) in [7, 11) is 0. The van der Waals surface area contributed by atoms with Crippen molar-refractivity contribution in [3.8, 4) is 0 Å². The molecule has 1 atom stereocenters. The summed E-state index contributed by atoms with van der Waals surface area (Å²) in [6.07, 6.45) is 3.27. The van der Waals surface area contributed by atoms with Crippen LogP contribution in [0.3, 0.4) is 0 Å². The van der Waals surface area contributed by atoms with Crippen LogP contribution in [-0.2, 0) is 24.4 Å². The van der Waals surface area contributed by atoms with Gasteiger partial charge in [-0.3, -0.25) is 9.69 Å². The molecule has 0 saturated carbocycles. The number of aromatic nitrogens is 4. The van der Waals surface area contributed by atoms with E-state index in [2.05, 4.69) is 25.5 Å². The molecule has 35 heavy (non-hydrogen) atoms. The number of benzene rings is 2. The Hall–Kier alpha value is -3.56. The molecular weight excluding hydrogens is 447 g/mol. The van der Waals surface area contributed by atoms with Crippen LogP contribution in [0.2, 0.25) is 0 Å². The number of rotatable bonds is 5. The monoisotopic (exact) mass is 474 g/mol. The summed E-state index contributed by atoms with van der Waals surface area (Å²) in [6.45, 7) is 3.23. The van der Waals surface area contributed by atoms with Gasteiger partial charge < -0.3 is 15.0 Å². The van der Waals surface area contributed by atoms with Gasteiger partial charge in [0, 0.05) is 48.5 Å². The van der Waals surface area contributed by atoms with Gasteiger partial charge in [-0.25, -0.2) is 9.07 Å². The fraction of sp³-hybridized carbons (Fsp3) is 0.346. The van der Waals surface area contributed by atoms with Gasteiger partial charge in [0.1, 0.15) is 17.6 Å². The summed E-state index contributed by atoms with van der Waals surface area (Å²) >= 11 is 0. The molecule has 1 unspecified atom stereocenters. The maximum absolute atomic E-state index is 14.2. The summed E-state index contributed by atoms with van der Waals surface area (Å²) in [6, 6.07) is 14.6. The zero-order valence-corrected chi connectivity index (χ0v) is 19.3. The van der Waals surface area contributed by atoms with Gasteiger partial charge in [-0.2, -0.15) is 0 Å². The number of nitrogens with zero attached hydrogens (tertiary/aromatic N) is 4. The molecule has 0 bridgehead atoms. The van der Waals surface area contributed by atoms with Gasteiger partial charge in [-0.1, -0.05) is 29.5 Å². The molecule has 2 aromatic carbocycles. The molecule has 1 saturated heterocycles. The van der Waals surface area contributed by atoms with E-state index in [-0.39, 0.29) is 23.9 Å². The fourth-order valence-corrected chi connectivity index (χ4v) is 5.01. The first-order valence-corrected chi connectivity index (χ1v) is 12.0. The van der Waals surface area contributed by atoms with Crippen molar-refractivity contribution in [3.63, 3.8) is 0 Å². The zero-order chi connectivity index (χ0) is 23.8. The number of fused-ring (bicyclic) bond motifs is 2. The van der Waals surface area contributed by atoms with Crippen LogP contribution < -0.4 is 5.32 Å². The normalized spacial score (nSPS) is 19.1. The third-order valence-corrected chi connectivity index (χ3v) is 7.04. The third kappa shape index (κ3) is 4.44. The lowest BCUT2D eigenvalue weighted by molar-refractivity contribution is -0.00414. The molecule has 0 radical (unpaired) electrons. The predicted molar refractivity (Wildman–Crippen MR) is 128 cm³/mol. The maximum atomic E-state index is 14.2. The average Bonchev–Trinajstić information content (AvgIpc) is 3.51. The lowest BCUT2D eigenvalue weighted by Crippen LogP contribution is -2.44. The highest BCUT2D eigenvalue weighted by Gasteiger charge is 2.28. The minimum atomic E-state index is -0.365. The molecule has 6 rings (SSSR count). The lowest BCUT2D eigenvalue weighted by atomic mass is 10.0. The number of H-pyrrole nitrogens is 1. The molecular formula is C26H27FN6O2. The second kappa shape index (κ2) is 9.24. The molecule has 2 aromatic heterocycles. The first-order valence-electron chi connectivity index (χ1n) is 12.0. The van der Waals surface area contributed by atoms with E-state index in [1.165, 1.54) is 6.07 Å². The number of ether oxygens (including phenoxy) is 1. The number of halogens is 1. The Morgan fingerprint density at radius 1 is 1.17 bits per heavy atom. The Bertz CT molecular complexity index is 1360. The number of piperidine rings is 1. The Balaban J connectivity index is 1.03. The zero-order valence-electron chi connectivity index (χ0n) is 19.3. The molecule has 1 fully saturated rings. The minimum absolute atomic E-state index is 0.0334. The first-order chi connectivity index (χ1) is 17.1. The molecule has 4 aromatic rings.